The van der Waals surface area contributed by atoms with Gasteiger partial charge in [0.2, 0.25) is 5.91 Å². The largest absolute Gasteiger partial charge is 0.329 e. The van der Waals surface area contributed by atoms with Crippen molar-refractivity contribution >= 4 is 34.4 Å². The van der Waals surface area contributed by atoms with Gasteiger partial charge in [0.1, 0.15) is 5.78 Å². The number of nitrogens with zero attached hydrogens (tertiary/aromatic N) is 2. The Morgan fingerprint density at radius 1 is 1.13 bits per heavy atom. The maximum atomic E-state index is 13.3. The molecule has 0 fully saturated rings. The molecule has 0 aliphatic carbocycles. The summed E-state index contributed by atoms with van der Waals surface area (Å²) in [6, 6.07) is 20.4. The first kappa shape index (κ1) is 20.6. The lowest BCUT2D eigenvalue weighted by Crippen LogP contribution is -2.35. The van der Waals surface area contributed by atoms with Crippen LogP contribution < -0.4 is 0 Å². The van der Waals surface area contributed by atoms with Crippen molar-refractivity contribution in [1.82, 2.24) is 9.88 Å². The molecule has 1 aliphatic rings. The van der Waals surface area contributed by atoms with E-state index in [9.17, 15) is 9.59 Å². The zero-order valence-corrected chi connectivity index (χ0v) is 18.2. The first-order valence-electron chi connectivity index (χ1n) is 10.5. The summed E-state index contributed by atoms with van der Waals surface area (Å²) in [7, 11) is 0. The molecule has 0 saturated heterocycles. The minimum atomic E-state index is -0.314. The highest BCUT2D eigenvalue weighted by Gasteiger charge is 2.37. The number of Topliss-reactive ketones (excluding diaryl/α,β-unsaturated/α-hetero) is 1. The number of benzene rings is 2. The van der Waals surface area contributed by atoms with Gasteiger partial charge in [-0.15, -0.1) is 11.8 Å². The molecule has 1 aromatic heterocycles. The first-order chi connectivity index (χ1) is 14.6. The van der Waals surface area contributed by atoms with Crippen molar-refractivity contribution in [1.29, 1.82) is 0 Å². The maximum Gasteiger partial charge on any atom is 0.226 e. The first-order valence-corrected chi connectivity index (χ1v) is 11.4. The third-order valence-electron chi connectivity index (χ3n) is 5.65. The third-order valence-corrected chi connectivity index (χ3v) is 6.74. The van der Waals surface area contributed by atoms with E-state index in [1.54, 1.807) is 11.8 Å². The Bertz CT molecular complexity index is 1070. The number of aromatic nitrogens is 1. The van der Waals surface area contributed by atoms with Gasteiger partial charge in [0.15, 0.2) is 0 Å². The number of hydrogen-bond acceptors (Lipinski definition) is 4. The summed E-state index contributed by atoms with van der Waals surface area (Å²) >= 11 is 1.74. The Balaban J connectivity index is 1.64. The van der Waals surface area contributed by atoms with E-state index >= 15 is 0 Å². The molecule has 0 N–H and O–H groups in total. The highest BCUT2D eigenvalue weighted by molar-refractivity contribution is 7.99. The molecule has 1 aliphatic heterocycles. The monoisotopic (exact) mass is 418 g/mol. The number of pyridine rings is 1. The predicted molar refractivity (Wildman–Crippen MR) is 121 cm³/mol. The third kappa shape index (κ3) is 4.26. The minimum absolute atomic E-state index is 0.0394. The van der Waals surface area contributed by atoms with Crippen LogP contribution in [-0.4, -0.2) is 27.3 Å². The van der Waals surface area contributed by atoms with Crippen LogP contribution in [0.15, 0.2) is 65.6 Å². The molecule has 0 radical (unpaired) electrons. The number of thioether (sulfide) groups is 1. The fourth-order valence-corrected chi connectivity index (χ4v) is 5.02. The Morgan fingerprint density at radius 2 is 1.87 bits per heavy atom. The van der Waals surface area contributed by atoms with Crippen molar-refractivity contribution in [3.8, 4) is 0 Å². The number of carbonyl (C=O) groups excluding carboxylic acids is 2. The van der Waals surface area contributed by atoms with Crippen molar-refractivity contribution in [2.45, 2.75) is 44.2 Å². The van der Waals surface area contributed by atoms with Crippen LogP contribution >= 0.6 is 11.8 Å². The van der Waals surface area contributed by atoms with Gasteiger partial charge in [-0.05, 0) is 29.8 Å². The van der Waals surface area contributed by atoms with Gasteiger partial charge < -0.3 is 4.90 Å². The van der Waals surface area contributed by atoms with Crippen molar-refractivity contribution < 1.29 is 9.59 Å². The molecule has 4 rings (SSSR count). The summed E-state index contributed by atoms with van der Waals surface area (Å²) in [5.74, 6) is 0.595. The lowest BCUT2D eigenvalue weighted by Gasteiger charge is -2.27. The van der Waals surface area contributed by atoms with Gasteiger partial charge in [0, 0.05) is 41.3 Å². The molecule has 2 unspecified atom stereocenters. The quantitative estimate of drug-likeness (QED) is 0.481. The smallest absolute Gasteiger partial charge is 0.226 e. The molecule has 0 spiro atoms. The normalized spacial score (nSPS) is 16.5. The molecule has 3 aromatic rings. The molecule has 2 atom stereocenters. The van der Waals surface area contributed by atoms with E-state index in [-0.39, 0.29) is 23.7 Å². The fraction of sp³-hybridized carbons (Fsp3) is 0.320. The van der Waals surface area contributed by atoms with Gasteiger partial charge in [-0.1, -0.05) is 50.2 Å². The van der Waals surface area contributed by atoms with Crippen LogP contribution in [0.25, 0.3) is 10.9 Å². The molecule has 2 heterocycles. The molecule has 0 saturated carbocycles. The number of carbonyl (C=O) groups is 2. The number of rotatable bonds is 7. The Labute approximate surface area is 181 Å². The van der Waals surface area contributed by atoms with Gasteiger partial charge in [-0.3, -0.25) is 14.6 Å². The van der Waals surface area contributed by atoms with Gasteiger partial charge in [-0.2, -0.15) is 0 Å². The van der Waals surface area contributed by atoms with Crippen LogP contribution in [0.2, 0.25) is 0 Å². The van der Waals surface area contributed by atoms with E-state index in [2.05, 4.69) is 24.3 Å². The average molecular weight is 419 g/mol. The highest BCUT2D eigenvalue weighted by Crippen LogP contribution is 2.39. The van der Waals surface area contributed by atoms with E-state index in [1.165, 1.54) is 4.90 Å². The number of ketones is 1. The van der Waals surface area contributed by atoms with Gasteiger partial charge >= 0.3 is 0 Å². The fourth-order valence-electron chi connectivity index (χ4n) is 3.98. The second kappa shape index (κ2) is 9.00. The second-order valence-corrected chi connectivity index (χ2v) is 8.92. The topological polar surface area (TPSA) is 50.3 Å². The predicted octanol–water partition coefficient (Wildman–Crippen LogP) is 5.42. The summed E-state index contributed by atoms with van der Waals surface area (Å²) < 4.78 is 0. The molecule has 154 valence electrons. The van der Waals surface area contributed by atoms with Gasteiger partial charge in [-0.25, -0.2) is 0 Å². The van der Waals surface area contributed by atoms with Crippen molar-refractivity contribution in [2.24, 2.45) is 5.92 Å². The van der Waals surface area contributed by atoms with Crippen LogP contribution in [0.3, 0.4) is 0 Å². The van der Waals surface area contributed by atoms with E-state index < -0.39 is 0 Å². The number of hydrogen-bond donors (Lipinski definition) is 0. The summed E-state index contributed by atoms with van der Waals surface area (Å²) in [5, 5.41) is 1.09. The molecule has 30 heavy (non-hydrogen) atoms. The van der Waals surface area contributed by atoms with Gasteiger partial charge in [0.25, 0.3) is 0 Å². The van der Waals surface area contributed by atoms with E-state index in [0.29, 0.717) is 19.4 Å². The summed E-state index contributed by atoms with van der Waals surface area (Å²) in [6.07, 6.45) is 0.772. The molecular weight excluding hydrogens is 392 g/mol. The number of amides is 1. The second-order valence-electron chi connectivity index (χ2n) is 7.83. The average Bonchev–Trinajstić information content (AvgIpc) is 3.13. The van der Waals surface area contributed by atoms with Crippen molar-refractivity contribution in [3.63, 3.8) is 0 Å². The van der Waals surface area contributed by atoms with E-state index in [4.69, 9.17) is 4.98 Å². The lowest BCUT2D eigenvalue weighted by atomic mass is 10.0. The standard InChI is InChI=1S/C25H26N2O2S/c1-3-20(28)13-17(2)25(29)27-15-19-14-18-9-7-8-12-22(18)26-24(19)23(27)16-30-21-10-5-4-6-11-21/h4-12,14,17,23H,3,13,15-16H2,1-2H3. The summed E-state index contributed by atoms with van der Waals surface area (Å²) in [6.45, 7) is 4.26. The van der Waals surface area contributed by atoms with Crippen LogP contribution in [0.1, 0.15) is 44.0 Å². The number of para-hydroxylation sites is 1. The summed E-state index contributed by atoms with van der Waals surface area (Å²) in [4.78, 5) is 33.3. The molecule has 0 bridgehead atoms. The van der Waals surface area contributed by atoms with Gasteiger partial charge in [0.05, 0.1) is 17.3 Å². The van der Waals surface area contributed by atoms with Crippen molar-refractivity contribution in [3.05, 3.63) is 71.9 Å². The Hall–Kier alpha value is -2.66. The number of fused-ring (bicyclic) bond motifs is 2. The Morgan fingerprint density at radius 3 is 2.63 bits per heavy atom. The molecule has 5 heteroatoms. The van der Waals surface area contributed by atoms with E-state index in [0.717, 1.165) is 27.9 Å². The zero-order chi connectivity index (χ0) is 21.1. The van der Waals surface area contributed by atoms with Crippen LogP contribution in [0, 0.1) is 5.92 Å². The molecule has 1 amide bonds. The molecule has 2 aromatic carbocycles. The minimum Gasteiger partial charge on any atom is -0.329 e. The SMILES string of the molecule is CCC(=O)CC(C)C(=O)N1Cc2cc3ccccc3nc2C1CSc1ccccc1. The zero-order valence-electron chi connectivity index (χ0n) is 17.4. The van der Waals surface area contributed by atoms with Crippen LogP contribution in [-0.2, 0) is 16.1 Å². The Kier molecular flexibility index (Phi) is 6.18. The lowest BCUT2D eigenvalue weighted by molar-refractivity contribution is -0.139. The van der Waals surface area contributed by atoms with Crippen molar-refractivity contribution in [2.75, 3.05) is 5.75 Å². The maximum absolute atomic E-state index is 13.3. The molecular formula is C25H26N2O2S. The highest BCUT2D eigenvalue weighted by atomic mass is 32.2. The molecule has 4 nitrogen and oxygen atoms in total. The van der Waals surface area contributed by atoms with E-state index in [1.807, 2.05) is 55.1 Å². The van der Waals surface area contributed by atoms with Crippen LogP contribution in [0.4, 0.5) is 0 Å². The summed E-state index contributed by atoms with van der Waals surface area (Å²) in [5.41, 5.74) is 3.05. The van der Waals surface area contributed by atoms with Crippen LogP contribution in [0.5, 0.6) is 0 Å².